The third-order valence-corrected chi connectivity index (χ3v) is 4.86. The molecule has 2 heterocycles. The highest BCUT2D eigenvalue weighted by molar-refractivity contribution is 5.81. The van der Waals surface area contributed by atoms with E-state index in [1.807, 2.05) is 43.5 Å². The monoisotopic (exact) mass is 416 g/mol. The topological polar surface area (TPSA) is 103 Å². The van der Waals surface area contributed by atoms with E-state index in [1.54, 1.807) is 35.2 Å². The number of carbonyl (C=O) groups excluding carboxylic acids is 1. The van der Waals surface area contributed by atoms with Gasteiger partial charge >= 0.3 is 0 Å². The van der Waals surface area contributed by atoms with Crippen LogP contribution >= 0.6 is 0 Å². The molecule has 8 heteroatoms. The first-order valence-corrected chi connectivity index (χ1v) is 9.73. The summed E-state index contributed by atoms with van der Waals surface area (Å²) in [5.74, 6) is 0.489. The fourth-order valence-corrected chi connectivity index (χ4v) is 3.31. The molecule has 0 saturated heterocycles. The Labute approximate surface area is 178 Å². The van der Waals surface area contributed by atoms with E-state index < -0.39 is 4.92 Å². The first-order valence-electron chi connectivity index (χ1n) is 9.73. The summed E-state index contributed by atoms with van der Waals surface area (Å²) in [6.07, 6.45) is 3.47. The number of amides is 1. The van der Waals surface area contributed by atoms with Gasteiger partial charge < -0.3 is 9.73 Å². The molecule has 0 aliphatic heterocycles. The van der Waals surface area contributed by atoms with Gasteiger partial charge in [0.25, 0.3) is 5.69 Å². The van der Waals surface area contributed by atoms with Gasteiger partial charge in [-0.05, 0) is 43.3 Å². The van der Waals surface area contributed by atoms with Crippen LogP contribution in [-0.4, -0.2) is 20.6 Å². The van der Waals surface area contributed by atoms with E-state index in [1.165, 1.54) is 12.1 Å². The minimum Gasteiger partial charge on any atom is -0.467 e. The standard InChI is InChI=1S/C23H20N4O4/c1-16(21-8-5-13-31-21)24-22(28)14-18-15-26(19-6-3-2-4-7-19)25-23(18)17-9-11-20(12-10-17)27(29)30/h2-13,15-16H,14H2,1H3,(H,24,28)/t16-/m0/s1. The molecule has 1 amide bonds. The number of hydrogen-bond donors (Lipinski definition) is 1. The maximum atomic E-state index is 12.7. The number of nitro groups is 1. The average Bonchev–Trinajstić information content (AvgIpc) is 3.45. The van der Waals surface area contributed by atoms with Gasteiger partial charge in [0.2, 0.25) is 5.91 Å². The lowest BCUT2D eigenvalue weighted by Gasteiger charge is -2.11. The van der Waals surface area contributed by atoms with Crippen molar-refractivity contribution in [2.45, 2.75) is 19.4 Å². The molecule has 0 aliphatic carbocycles. The summed E-state index contributed by atoms with van der Waals surface area (Å²) in [6, 6.07) is 19.0. The van der Waals surface area contributed by atoms with E-state index in [0.29, 0.717) is 22.6 Å². The molecule has 8 nitrogen and oxygen atoms in total. The second-order valence-electron chi connectivity index (χ2n) is 7.07. The average molecular weight is 416 g/mol. The molecule has 1 N–H and O–H groups in total. The third kappa shape index (κ3) is 4.53. The summed E-state index contributed by atoms with van der Waals surface area (Å²) in [4.78, 5) is 23.2. The number of aromatic nitrogens is 2. The fraction of sp³-hybridized carbons (Fsp3) is 0.130. The highest BCUT2D eigenvalue weighted by atomic mass is 16.6. The van der Waals surface area contributed by atoms with Gasteiger partial charge in [-0.2, -0.15) is 5.10 Å². The normalized spacial score (nSPS) is 11.8. The Balaban J connectivity index is 1.64. The summed E-state index contributed by atoms with van der Waals surface area (Å²) < 4.78 is 7.05. The van der Waals surface area contributed by atoms with Gasteiger partial charge in [0.05, 0.1) is 35.0 Å². The van der Waals surface area contributed by atoms with Gasteiger partial charge in [0.1, 0.15) is 5.76 Å². The van der Waals surface area contributed by atoms with E-state index in [9.17, 15) is 14.9 Å². The molecule has 0 unspecified atom stereocenters. The molecule has 1 atom stereocenters. The SMILES string of the molecule is C[C@H](NC(=O)Cc1cn(-c2ccccc2)nc1-c1ccc([N+](=O)[O-])cc1)c1ccco1. The maximum absolute atomic E-state index is 12.7. The highest BCUT2D eigenvalue weighted by Crippen LogP contribution is 2.26. The molecular formula is C23H20N4O4. The van der Waals surface area contributed by atoms with Crippen molar-refractivity contribution < 1.29 is 14.1 Å². The molecular weight excluding hydrogens is 396 g/mol. The molecule has 0 fully saturated rings. The van der Waals surface area contributed by atoms with E-state index in [0.717, 1.165) is 5.69 Å². The van der Waals surface area contributed by atoms with Gasteiger partial charge in [-0.25, -0.2) is 4.68 Å². The minimum absolute atomic E-state index is 0.00203. The van der Waals surface area contributed by atoms with Crippen LogP contribution in [0, 0.1) is 10.1 Å². The number of benzene rings is 2. The quantitative estimate of drug-likeness (QED) is 0.354. The molecule has 31 heavy (non-hydrogen) atoms. The van der Waals surface area contributed by atoms with Crippen molar-refractivity contribution in [2.75, 3.05) is 0 Å². The number of para-hydroxylation sites is 1. The summed E-state index contributed by atoms with van der Waals surface area (Å²) >= 11 is 0. The predicted octanol–water partition coefficient (Wildman–Crippen LogP) is 4.46. The van der Waals surface area contributed by atoms with Crippen molar-refractivity contribution >= 4 is 11.6 Å². The summed E-state index contributed by atoms with van der Waals surface area (Å²) in [6.45, 7) is 1.85. The van der Waals surface area contributed by atoms with Crippen molar-refractivity contribution in [3.05, 3.63) is 101 Å². The molecule has 0 saturated carbocycles. The van der Waals surface area contributed by atoms with Crippen LogP contribution in [0.2, 0.25) is 0 Å². The third-order valence-electron chi connectivity index (χ3n) is 4.86. The van der Waals surface area contributed by atoms with E-state index in [2.05, 4.69) is 10.4 Å². The minimum atomic E-state index is -0.448. The van der Waals surface area contributed by atoms with E-state index in [4.69, 9.17) is 4.42 Å². The number of carbonyl (C=O) groups is 1. The first kappa shape index (κ1) is 20.1. The molecule has 0 radical (unpaired) electrons. The van der Waals surface area contributed by atoms with E-state index >= 15 is 0 Å². The lowest BCUT2D eigenvalue weighted by Crippen LogP contribution is -2.27. The van der Waals surface area contributed by atoms with Crippen molar-refractivity contribution in [3.8, 4) is 16.9 Å². The maximum Gasteiger partial charge on any atom is 0.269 e. The zero-order chi connectivity index (χ0) is 21.8. The molecule has 156 valence electrons. The second kappa shape index (κ2) is 8.66. The second-order valence-corrected chi connectivity index (χ2v) is 7.07. The van der Waals surface area contributed by atoms with Gasteiger partial charge in [0, 0.05) is 29.5 Å². The van der Waals surface area contributed by atoms with Crippen LogP contribution in [0.1, 0.15) is 24.3 Å². The van der Waals surface area contributed by atoms with Crippen LogP contribution in [-0.2, 0) is 11.2 Å². The Morgan fingerprint density at radius 1 is 1.13 bits per heavy atom. The Morgan fingerprint density at radius 2 is 1.87 bits per heavy atom. The van der Waals surface area contributed by atoms with Crippen LogP contribution in [0.3, 0.4) is 0 Å². The molecule has 2 aromatic carbocycles. The smallest absolute Gasteiger partial charge is 0.269 e. The van der Waals surface area contributed by atoms with Crippen molar-refractivity contribution in [1.82, 2.24) is 15.1 Å². The number of nitrogens with one attached hydrogen (secondary N) is 1. The molecule has 4 aromatic rings. The summed E-state index contributed by atoms with van der Waals surface area (Å²) in [5.41, 5.74) is 2.85. The largest absolute Gasteiger partial charge is 0.467 e. The van der Waals surface area contributed by atoms with Crippen molar-refractivity contribution in [1.29, 1.82) is 0 Å². The molecule has 0 bridgehead atoms. The highest BCUT2D eigenvalue weighted by Gasteiger charge is 2.18. The number of nitro benzene ring substituents is 1. The van der Waals surface area contributed by atoms with Gasteiger partial charge in [0.15, 0.2) is 0 Å². The van der Waals surface area contributed by atoms with Crippen LogP contribution in [0.4, 0.5) is 5.69 Å². The summed E-state index contributed by atoms with van der Waals surface area (Å²) in [7, 11) is 0. The van der Waals surface area contributed by atoms with Gasteiger partial charge in [-0.15, -0.1) is 0 Å². The number of furan rings is 1. The molecule has 0 spiro atoms. The van der Waals surface area contributed by atoms with Crippen LogP contribution in [0.15, 0.2) is 83.6 Å². The molecule has 2 aromatic heterocycles. The molecule has 4 rings (SSSR count). The van der Waals surface area contributed by atoms with Crippen LogP contribution in [0.25, 0.3) is 16.9 Å². The van der Waals surface area contributed by atoms with Crippen molar-refractivity contribution in [2.24, 2.45) is 0 Å². The fourth-order valence-electron chi connectivity index (χ4n) is 3.31. The number of rotatable bonds is 7. The summed E-state index contributed by atoms with van der Waals surface area (Å²) in [5, 5.41) is 18.6. The Morgan fingerprint density at radius 3 is 2.52 bits per heavy atom. The van der Waals surface area contributed by atoms with Crippen LogP contribution < -0.4 is 5.32 Å². The Bertz CT molecular complexity index is 1180. The number of non-ortho nitro benzene ring substituents is 1. The Kier molecular flexibility index (Phi) is 5.61. The first-order chi connectivity index (χ1) is 15.0. The number of nitrogens with zero attached hydrogens (tertiary/aromatic N) is 3. The van der Waals surface area contributed by atoms with Gasteiger partial charge in [-0.3, -0.25) is 14.9 Å². The molecule has 0 aliphatic rings. The zero-order valence-electron chi connectivity index (χ0n) is 16.8. The number of hydrogen-bond acceptors (Lipinski definition) is 5. The Hall–Kier alpha value is -4.20. The van der Waals surface area contributed by atoms with Crippen LogP contribution in [0.5, 0.6) is 0 Å². The zero-order valence-corrected chi connectivity index (χ0v) is 16.8. The predicted molar refractivity (Wildman–Crippen MR) is 115 cm³/mol. The lowest BCUT2D eigenvalue weighted by molar-refractivity contribution is -0.384. The van der Waals surface area contributed by atoms with Crippen molar-refractivity contribution in [3.63, 3.8) is 0 Å². The van der Waals surface area contributed by atoms with Gasteiger partial charge in [-0.1, -0.05) is 18.2 Å². The van der Waals surface area contributed by atoms with E-state index in [-0.39, 0.29) is 24.1 Å². The lowest BCUT2D eigenvalue weighted by atomic mass is 10.1.